The summed E-state index contributed by atoms with van der Waals surface area (Å²) in [5.41, 5.74) is 0.666. The first-order valence-corrected chi connectivity index (χ1v) is 7.35. The van der Waals surface area contributed by atoms with E-state index < -0.39 is 0 Å². The Bertz CT molecular complexity index is 480. The first kappa shape index (κ1) is 13.4. The highest BCUT2D eigenvalue weighted by Crippen LogP contribution is 2.29. The largest absolute Gasteiger partial charge is 0.492 e. The van der Waals surface area contributed by atoms with Crippen LogP contribution < -0.4 is 4.74 Å². The van der Waals surface area contributed by atoms with Gasteiger partial charge in [0.2, 0.25) is 0 Å². The predicted molar refractivity (Wildman–Crippen MR) is 75.6 cm³/mol. The second kappa shape index (κ2) is 6.25. The Kier molecular flexibility index (Phi) is 4.19. The van der Waals surface area contributed by atoms with E-state index in [1.54, 1.807) is 12.1 Å². The molecule has 106 valence electrons. The summed E-state index contributed by atoms with van der Waals surface area (Å²) in [4.78, 5) is 2.50. The van der Waals surface area contributed by atoms with E-state index in [0.717, 1.165) is 25.4 Å². The normalized spacial score (nSPS) is 25.9. The molecule has 2 fully saturated rings. The van der Waals surface area contributed by atoms with Crippen molar-refractivity contribution in [2.45, 2.75) is 31.4 Å². The third-order valence-corrected chi connectivity index (χ3v) is 4.23. The molecule has 4 nitrogen and oxygen atoms in total. The van der Waals surface area contributed by atoms with E-state index >= 15 is 0 Å². The molecule has 1 aliphatic carbocycles. The van der Waals surface area contributed by atoms with Crippen LogP contribution in [0.15, 0.2) is 24.3 Å². The van der Waals surface area contributed by atoms with Crippen LogP contribution in [0.5, 0.6) is 5.75 Å². The number of nitrogens with zero attached hydrogens (tertiary/aromatic N) is 2. The van der Waals surface area contributed by atoms with E-state index in [9.17, 15) is 0 Å². The zero-order chi connectivity index (χ0) is 13.8. The van der Waals surface area contributed by atoms with Gasteiger partial charge < -0.3 is 9.47 Å². The Balaban J connectivity index is 1.48. The molecule has 2 aliphatic rings. The number of rotatable bonds is 4. The maximum absolute atomic E-state index is 8.75. The lowest BCUT2D eigenvalue weighted by Crippen LogP contribution is -2.49. The van der Waals surface area contributed by atoms with Gasteiger partial charge in [0.25, 0.3) is 0 Å². The van der Waals surface area contributed by atoms with E-state index in [2.05, 4.69) is 11.0 Å². The second-order valence-corrected chi connectivity index (χ2v) is 5.43. The molecular formula is C16H20N2O2. The van der Waals surface area contributed by atoms with Crippen LogP contribution in [-0.2, 0) is 4.74 Å². The van der Waals surface area contributed by atoms with E-state index in [0.29, 0.717) is 24.3 Å². The van der Waals surface area contributed by atoms with Crippen LogP contribution in [0.2, 0.25) is 0 Å². The molecule has 0 N–H and O–H groups in total. The van der Waals surface area contributed by atoms with Gasteiger partial charge in [-0.15, -0.1) is 0 Å². The molecule has 0 bridgehead atoms. The number of hydrogen-bond donors (Lipinski definition) is 0. The Morgan fingerprint density at radius 2 is 2.15 bits per heavy atom. The average molecular weight is 272 g/mol. The first-order valence-electron chi connectivity index (χ1n) is 7.35. The fourth-order valence-electron chi connectivity index (χ4n) is 3.19. The predicted octanol–water partition coefficient (Wildman–Crippen LogP) is 2.19. The maximum Gasteiger partial charge on any atom is 0.119 e. The summed E-state index contributed by atoms with van der Waals surface area (Å²) in [5.74, 6) is 0.834. The minimum absolute atomic E-state index is 0.443. The lowest BCUT2D eigenvalue weighted by molar-refractivity contribution is -0.0583. The van der Waals surface area contributed by atoms with Crippen LogP contribution in [0.3, 0.4) is 0 Å². The standard InChI is InChI=1S/C16H20N2O2/c17-12-13-4-6-14(7-5-13)19-10-8-18-9-11-20-16-3-1-2-15(16)18/h4-7,15-16H,1-3,8-11H2. The molecule has 0 spiro atoms. The monoisotopic (exact) mass is 272 g/mol. The number of ether oxygens (including phenoxy) is 2. The molecule has 1 saturated heterocycles. The van der Waals surface area contributed by atoms with E-state index in [-0.39, 0.29) is 0 Å². The summed E-state index contributed by atoms with van der Waals surface area (Å²) in [7, 11) is 0. The minimum Gasteiger partial charge on any atom is -0.492 e. The maximum atomic E-state index is 8.75. The molecule has 3 rings (SSSR count). The van der Waals surface area contributed by atoms with Gasteiger partial charge in [-0.25, -0.2) is 0 Å². The smallest absolute Gasteiger partial charge is 0.119 e. The van der Waals surface area contributed by atoms with Gasteiger partial charge in [0.1, 0.15) is 12.4 Å². The topological polar surface area (TPSA) is 45.5 Å². The van der Waals surface area contributed by atoms with Crippen molar-refractivity contribution in [3.63, 3.8) is 0 Å². The molecule has 1 aromatic rings. The highest BCUT2D eigenvalue weighted by molar-refractivity contribution is 5.34. The number of hydrogen-bond acceptors (Lipinski definition) is 4. The molecule has 0 aromatic heterocycles. The van der Waals surface area contributed by atoms with Crippen LogP contribution in [-0.4, -0.2) is 43.3 Å². The molecule has 20 heavy (non-hydrogen) atoms. The van der Waals surface area contributed by atoms with Gasteiger partial charge in [-0.2, -0.15) is 5.26 Å². The average Bonchev–Trinajstić information content (AvgIpc) is 2.97. The summed E-state index contributed by atoms with van der Waals surface area (Å²) in [5, 5.41) is 8.75. The fraction of sp³-hybridized carbons (Fsp3) is 0.562. The van der Waals surface area contributed by atoms with Gasteiger partial charge in [0.15, 0.2) is 0 Å². The number of fused-ring (bicyclic) bond motifs is 1. The van der Waals surface area contributed by atoms with Gasteiger partial charge in [-0.1, -0.05) is 0 Å². The van der Waals surface area contributed by atoms with Crippen molar-refractivity contribution in [1.82, 2.24) is 4.90 Å². The van der Waals surface area contributed by atoms with Crippen molar-refractivity contribution < 1.29 is 9.47 Å². The van der Waals surface area contributed by atoms with E-state index in [4.69, 9.17) is 14.7 Å². The van der Waals surface area contributed by atoms with Gasteiger partial charge >= 0.3 is 0 Å². The SMILES string of the molecule is N#Cc1ccc(OCCN2CCOC3CCCC32)cc1. The molecule has 1 aliphatic heterocycles. The van der Waals surface area contributed by atoms with Crippen LogP contribution in [0, 0.1) is 11.3 Å². The Labute approximate surface area is 119 Å². The fourth-order valence-corrected chi connectivity index (χ4v) is 3.19. The third kappa shape index (κ3) is 2.95. The summed E-state index contributed by atoms with van der Waals surface area (Å²) < 4.78 is 11.6. The van der Waals surface area contributed by atoms with Crippen molar-refractivity contribution in [3.8, 4) is 11.8 Å². The summed E-state index contributed by atoms with van der Waals surface area (Å²) in [6, 6.07) is 9.99. The number of benzene rings is 1. The zero-order valence-corrected chi connectivity index (χ0v) is 11.6. The summed E-state index contributed by atoms with van der Waals surface area (Å²) in [6.07, 6.45) is 4.18. The van der Waals surface area contributed by atoms with Crippen LogP contribution in [0.25, 0.3) is 0 Å². The number of nitriles is 1. The van der Waals surface area contributed by atoms with Crippen molar-refractivity contribution in [2.75, 3.05) is 26.3 Å². The van der Waals surface area contributed by atoms with Crippen molar-refractivity contribution >= 4 is 0 Å². The van der Waals surface area contributed by atoms with Crippen LogP contribution in [0.4, 0.5) is 0 Å². The molecule has 1 heterocycles. The second-order valence-electron chi connectivity index (χ2n) is 5.43. The number of morpholine rings is 1. The highest BCUT2D eigenvalue weighted by atomic mass is 16.5. The molecular weight excluding hydrogens is 252 g/mol. The lowest BCUT2D eigenvalue weighted by Gasteiger charge is -2.37. The minimum atomic E-state index is 0.443. The Morgan fingerprint density at radius 3 is 2.95 bits per heavy atom. The molecule has 4 heteroatoms. The molecule has 0 amide bonds. The molecule has 2 unspecified atom stereocenters. The molecule has 1 aromatic carbocycles. The highest BCUT2D eigenvalue weighted by Gasteiger charge is 2.35. The van der Waals surface area contributed by atoms with E-state index in [1.807, 2.05) is 12.1 Å². The molecule has 0 radical (unpaired) electrons. The van der Waals surface area contributed by atoms with Gasteiger partial charge in [-0.05, 0) is 43.5 Å². The van der Waals surface area contributed by atoms with E-state index in [1.165, 1.54) is 19.3 Å². The summed E-state index contributed by atoms with van der Waals surface area (Å²) >= 11 is 0. The molecule has 2 atom stereocenters. The van der Waals surface area contributed by atoms with Crippen LogP contribution >= 0.6 is 0 Å². The third-order valence-electron chi connectivity index (χ3n) is 4.23. The van der Waals surface area contributed by atoms with Gasteiger partial charge in [-0.3, -0.25) is 4.90 Å². The van der Waals surface area contributed by atoms with Crippen molar-refractivity contribution in [2.24, 2.45) is 0 Å². The van der Waals surface area contributed by atoms with Crippen molar-refractivity contribution in [3.05, 3.63) is 29.8 Å². The van der Waals surface area contributed by atoms with Gasteiger partial charge in [0.05, 0.1) is 24.3 Å². The lowest BCUT2D eigenvalue weighted by atomic mass is 10.1. The Hall–Kier alpha value is -1.57. The molecule has 1 saturated carbocycles. The quantitative estimate of drug-likeness (QED) is 0.843. The van der Waals surface area contributed by atoms with Crippen molar-refractivity contribution in [1.29, 1.82) is 5.26 Å². The Morgan fingerprint density at radius 1 is 1.30 bits per heavy atom. The van der Waals surface area contributed by atoms with Crippen LogP contribution in [0.1, 0.15) is 24.8 Å². The van der Waals surface area contributed by atoms with Gasteiger partial charge in [0, 0.05) is 19.1 Å². The zero-order valence-electron chi connectivity index (χ0n) is 11.6. The first-order chi connectivity index (χ1) is 9.86. The summed E-state index contributed by atoms with van der Waals surface area (Å²) in [6.45, 7) is 3.50.